The van der Waals surface area contributed by atoms with Gasteiger partial charge in [-0.05, 0) is 0 Å². The molecule has 0 unspecified atom stereocenters. The number of nitrogens with two attached hydrogens (primary N) is 2. The van der Waals surface area contributed by atoms with Crippen molar-refractivity contribution in [2.45, 2.75) is 99.8 Å². The average molecular weight is 377 g/mol. The number of hydrogen-bond acceptors (Lipinski definition) is 2. The van der Waals surface area contributed by atoms with Gasteiger partial charge in [-0.25, -0.2) is 0 Å². The summed E-state index contributed by atoms with van der Waals surface area (Å²) >= 11 is -2.57. The molecular formula is C16H38N2Sn. The second kappa shape index (κ2) is 13.7. The Bertz CT molecular complexity index is 166. The predicted molar refractivity (Wildman–Crippen MR) is 90.5 cm³/mol. The SMILES string of the molecule is CCCCCCC[CH2][Sn]([NH2])([NH2])[CH2]CCCCCCC. The maximum atomic E-state index is 6.39. The maximum absolute atomic E-state index is 6.39. The van der Waals surface area contributed by atoms with Gasteiger partial charge in [-0.1, -0.05) is 0 Å². The predicted octanol–water partition coefficient (Wildman–Crippen LogP) is 5.07. The summed E-state index contributed by atoms with van der Waals surface area (Å²) < 4.78 is 15.2. The minimum atomic E-state index is -2.57. The van der Waals surface area contributed by atoms with Gasteiger partial charge in [0.1, 0.15) is 0 Å². The molecule has 19 heavy (non-hydrogen) atoms. The summed E-state index contributed by atoms with van der Waals surface area (Å²) in [4.78, 5) is 0. The van der Waals surface area contributed by atoms with E-state index < -0.39 is 18.9 Å². The van der Waals surface area contributed by atoms with Crippen molar-refractivity contribution in [2.75, 3.05) is 0 Å². The summed E-state index contributed by atoms with van der Waals surface area (Å²) in [7, 11) is 0. The Balaban J connectivity index is 3.36. The van der Waals surface area contributed by atoms with Gasteiger partial charge in [0.05, 0.1) is 0 Å². The van der Waals surface area contributed by atoms with E-state index in [-0.39, 0.29) is 0 Å². The van der Waals surface area contributed by atoms with Crippen LogP contribution < -0.4 is 7.91 Å². The van der Waals surface area contributed by atoms with Gasteiger partial charge in [0.2, 0.25) is 0 Å². The van der Waals surface area contributed by atoms with Crippen molar-refractivity contribution in [3.63, 3.8) is 0 Å². The third-order valence-corrected chi connectivity index (χ3v) is 11.3. The first-order chi connectivity index (χ1) is 9.12. The summed E-state index contributed by atoms with van der Waals surface area (Å²) in [5, 5.41) is 0. The molecule has 0 saturated carbocycles. The van der Waals surface area contributed by atoms with Crippen LogP contribution in [0.4, 0.5) is 0 Å². The molecule has 0 aromatic heterocycles. The fourth-order valence-electron chi connectivity index (χ4n) is 2.59. The van der Waals surface area contributed by atoms with Gasteiger partial charge in [0.15, 0.2) is 0 Å². The van der Waals surface area contributed by atoms with Crippen molar-refractivity contribution in [1.29, 1.82) is 0 Å². The Morgan fingerprint density at radius 1 is 0.526 bits per heavy atom. The van der Waals surface area contributed by atoms with E-state index in [1.54, 1.807) is 0 Å². The third kappa shape index (κ3) is 14.9. The molecular weight excluding hydrogens is 339 g/mol. The first kappa shape index (κ1) is 19.7. The van der Waals surface area contributed by atoms with Crippen molar-refractivity contribution in [3.05, 3.63) is 0 Å². The molecule has 0 aliphatic carbocycles. The Kier molecular flexibility index (Phi) is 14.2. The number of unbranched alkanes of at least 4 members (excludes halogenated alkanes) is 10. The topological polar surface area (TPSA) is 52.0 Å². The van der Waals surface area contributed by atoms with Gasteiger partial charge in [0, 0.05) is 0 Å². The molecule has 0 amide bonds. The first-order valence-electron chi connectivity index (χ1n) is 8.70. The number of rotatable bonds is 14. The van der Waals surface area contributed by atoms with Crippen LogP contribution in [0.25, 0.3) is 0 Å². The van der Waals surface area contributed by atoms with Crippen LogP contribution in [-0.2, 0) is 0 Å². The Labute approximate surface area is 126 Å². The summed E-state index contributed by atoms with van der Waals surface area (Å²) in [6, 6.07) is 0. The second-order valence-corrected chi connectivity index (χ2v) is 16.2. The summed E-state index contributed by atoms with van der Waals surface area (Å²) in [5.74, 6) is 0. The third-order valence-electron chi connectivity index (χ3n) is 3.99. The molecule has 3 heteroatoms. The minimum absolute atomic E-state index is 1.20. The molecule has 0 aliphatic rings. The second-order valence-electron chi connectivity index (χ2n) is 6.27. The van der Waals surface area contributed by atoms with Gasteiger partial charge in [-0.2, -0.15) is 0 Å². The van der Waals surface area contributed by atoms with Gasteiger partial charge in [-0.15, -0.1) is 0 Å². The summed E-state index contributed by atoms with van der Waals surface area (Å²) in [6.07, 6.45) is 16.3. The molecule has 0 rings (SSSR count). The molecule has 0 bridgehead atoms. The van der Waals surface area contributed by atoms with E-state index in [2.05, 4.69) is 13.8 Å². The molecule has 0 heterocycles. The van der Waals surface area contributed by atoms with Crippen molar-refractivity contribution < 1.29 is 0 Å². The van der Waals surface area contributed by atoms with Crippen LogP contribution >= 0.6 is 0 Å². The standard InChI is InChI=1S/2C8H17.2H2N.Sn/c2*1-3-5-7-8-6-4-2;;;/h2*1,3-8H2,2H3;2*1H2;/q;;2*-1;+2. The summed E-state index contributed by atoms with van der Waals surface area (Å²) in [6.45, 7) is 4.53. The van der Waals surface area contributed by atoms with E-state index in [0.717, 1.165) is 0 Å². The van der Waals surface area contributed by atoms with Crippen molar-refractivity contribution in [3.8, 4) is 0 Å². The molecule has 116 valence electrons. The molecule has 0 atom stereocenters. The van der Waals surface area contributed by atoms with Gasteiger partial charge >= 0.3 is 127 Å². The van der Waals surface area contributed by atoms with Crippen LogP contribution in [0.3, 0.4) is 0 Å². The Hall–Kier alpha value is 0.719. The summed E-state index contributed by atoms with van der Waals surface area (Å²) in [5.41, 5.74) is 0. The van der Waals surface area contributed by atoms with Crippen LogP contribution in [0.5, 0.6) is 0 Å². The van der Waals surface area contributed by atoms with E-state index in [9.17, 15) is 0 Å². The molecule has 0 aromatic rings. The molecule has 0 aromatic carbocycles. The van der Waals surface area contributed by atoms with Crippen LogP contribution in [0.15, 0.2) is 0 Å². The molecule has 0 radical (unpaired) electrons. The van der Waals surface area contributed by atoms with Gasteiger partial charge in [0.25, 0.3) is 0 Å². The van der Waals surface area contributed by atoms with Crippen LogP contribution in [0.2, 0.25) is 8.87 Å². The van der Waals surface area contributed by atoms with E-state index >= 15 is 0 Å². The van der Waals surface area contributed by atoms with Crippen molar-refractivity contribution in [2.24, 2.45) is 7.91 Å². The monoisotopic (exact) mass is 378 g/mol. The fraction of sp³-hybridized carbons (Fsp3) is 1.00. The zero-order valence-electron chi connectivity index (χ0n) is 13.6. The molecule has 0 aliphatic heterocycles. The molecule has 4 N–H and O–H groups in total. The molecule has 0 spiro atoms. The Morgan fingerprint density at radius 2 is 0.842 bits per heavy atom. The quantitative estimate of drug-likeness (QED) is 0.328. The molecule has 2 nitrogen and oxygen atoms in total. The normalized spacial score (nSPS) is 12.0. The van der Waals surface area contributed by atoms with Crippen molar-refractivity contribution in [1.82, 2.24) is 0 Å². The molecule has 0 fully saturated rings. The molecule has 0 saturated heterocycles. The number of hydrogen-bond donors (Lipinski definition) is 2. The van der Waals surface area contributed by atoms with Gasteiger partial charge < -0.3 is 0 Å². The van der Waals surface area contributed by atoms with E-state index in [0.29, 0.717) is 0 Å². The van der Waals surface area contributed by atoms with Crippen LogP contribution in [0.1, 0.15) is 90.9 Å². The first-order valence-corrected chi connectivity index (χ1v) is 16.0. The van der Waals surface area contributed by atoms with Gasteiger partial charge in [-0.3, -0.25) is 0 Å². The van der Waals surface area contributed by atoms with E-state index in [1.165, 1.54) is 85.9 Å². The van der Waals surface area contributed by atoms with E-state index in [4.69, 9.17) is 7.91 Å². The van der Waals surface area contributed by atoms with Crippen LogP contribution in [0, 0.1) is 0 Å². The van der Waals surface area contributed by atoms with E-state index in [1.807, 2.05) is 0 Å². The zero-order chi connectivity index (χ0) is 14.4. The fourth-order valence-corrected chi connectivity index (χ4v) is 8.49. The average Bonchev–Trinajstić information content (AvgIpc) is 2.38. The Morgan fingerprint density at radius 3 is 1.21 bits per heavy atom. The van der Waals surface area contributed by atoms with Crippen molar-refractivity contribution >= 4 is 18.9 Å². The zero-order valence-corrected chi connectivity index (χ0v) is 16.4. The van der Waals surface area contributed by atoms with Crippen LogP contribution in [-0.4, -0.2) is 18.9 Å².